The zero-order valence-corrected chi connectivity index (χ0v) is 10.7. The van der Waals surface area contributed by atoms with Gasteiger partial charge in [-0.25, -0.2) is 4.68 Å². The lowest BCUT2D eigenvalue weighted by atomic mass is 10.5. The van der Waals surface area contributed by atoms with Crippen LogP contribution in [0.4, 0.5) is 0 Å². The van der Waals surface area contributed by atoms with Crippen LogP contribution in [0.15, 0.2) is 18.6 Å². The molecule has 2 rings (SSSR count). The predicted molar refractivity (Wildman–Crippen MR) is 66.2 cm³/mol. The Morgan fingerprint density at radius 3 is 2.94 bits per heavy atom. The van der Waals surface area contributed by atoms with Gasteiger partial charge >= 0.3 is 0 Å². The molecule has 0 aliphatic heterocycles. The van der Waals surface area contributed by atoms with E-state index in [0.717, 1.165) is 24.5 Å². The van der Waals surface area contributed by atoms with Gasteiger partial charge in [-0.2, -0.15) is 5.10 Å². The standard InChI is InChI=1S/C11H18N6O/c1-3-16-9-11(7-13-16)18-5-4-17-8-10(6-12-2)14-15-17/h7-9,12H,3-6H2,1-2H3. The first-order chi connectivity index (χ1) is 8.81. The average Bonchev–Trinajstić information content (AvgIpc) is 2.99. The Kier molecular flexibility index (Phi) is 4.30. The van der Waals surface area contributed by atoms with E-state index in [1.54, 1.807) is 10.9 Å². The Labute approximate surface area is 106 Å². The van der Waals surface area contributed by atoms with Crippen LogP contribution in [0.1, 0.15) is 12.6 Å². The van der Waals surface area contributed by atoms with E-state index in [0.29, 0.717) is 13.2 Å². The molecule has 0 spiro atoms. The molecule has 7 heteroatoms. The van der Waals surface area contributed by atoms with E-state index in [9.17, 15) is 0 Å². The van der Waals surface area contributed by atoms with Crippen LogP contribution >= 0.6 is 0 Å². The molecule has 0 saturated heterocycles. The molecule has 1 N–H and O–H groups in total. The highest BCUT2D eigenvalue weighted by Crippen LogP contribution is 2.07. The molecule has 2 aromatic heterocycles. The van der Waals surface area contributed by atoms with Crippen LogP contribution in [0.5, 0.6) is 5.75 Å². The molecular weight excluding hydrogens is 232 g/mol. The first kappa shape index (κ1) is 12.6. The molecule has 0 aromatic carbocycles. The number of hydrogen-bond acceptors (Lipinski definition) is 5. The van der Waals surface area contributed by atoms with Gasteiger partial charge in [-0.1, -0.05) is 5.21 Å². The molecule has 0 atom stereocenters. The number of nitrogens with zero attached hydrogens (tertiary/aromatic N) is 5. The van der Waals surface area contributed by atoms with Crippen molar-refractivity contribution in [3.05, 3.63) is 24.3 Å². The summed E-state index contributed by atoms with van der Waals surface area (Å²) in [6, 6.07) is 0. The van der Waals surface area contributed by atoms with Crippen molar-refractivity contribution in [2.24, 2.45) is 0 Å². The fraction of sp³-hybridized carbons (Fsp3) is 0.545. The summed E-state index contributed by atoms with van der Waals surface area (Å²) >= 11 is 0. The van der Waals surface area contributed by atoms with Crippen molar-refractivity contribution in [3.8, 4) is 5.75 Å². The summed E-state index contributed by atoms with van der Waals surface area (Å²) in [4.78, 5) is 0. The molecule has 0 unspecified atom stereocenters. The molecular formula is C11H18N6O. The van der Waals surface area contributed by atoms with Gasteiger partial charge in [0.15, 0.2) is 5.75 Å². The van der Waals surface area contributed by atoms with E-state index in [1.807, 2.05) is 31.0 Å². The summed E-state index contributed by atoms with van der Waals surface area (Å²) in [5.41, 5.74) is 0.927. The van der Waals surface area contributed by atoms with E-state index < -0.39 is 0 Å². The first-order valence-corrected chi connectivity index (χ1v) is 6.00. The molecule has 0 bridgehead atoms. The number of rotatable bonds is 7. The van der Waals surface area contributed by atoms with Crippen molar-refractivity contribution in [2.75, 3.05) is 13.7 Å². The van der Waals surface area contributed by atoms with Crippen molar-refractivity contribution >= 4 is 0 Å². The van der Waals surface area contributed by atoms with Crippen molar-refractivity contribution < 1.29 is 4.74 Å². The van der Waals surface area contributed by atoms with Gasteiger partial charge in [-0.3, -0.25) is 4.68 Å². The summed E-state index contributed by atoms with van der Waals surface area (Å²) < 4.78 is 9.18. The van der Waals surface area contributed by atoms with Crippen molar-refractivity contribution in [2.45, 2.75) is 26.6 Å². The normalized spacial score (nSPS) is 10.8. The van der Waals surface area contributed by atoms with Crippen LogP contribution in [-0.4, -0.2) is 38.4 Å². The van der Waals surface area contributed by atoms with Crippen LogP contribution in [0.2, 0.25) is 0 Å². The second-order valence-corrected chi connectivity index (χ2v) is 3.88. The third kappa shape index (κ3) is 3.30. The third-order valence-corrected chi connectivity index (χ3v) is 2.47. The minimum atomic E-state index is 0.553. The lowest BCUT2D eigenvalue weighted by molar-refractivity contribution is 0.289. The van der Waals surface area contributed by atoms with E-state index in [2.05, 4.69) is 20.7 Å². The minimum Gasteiger partial charge on any atom is -0.488 e. The van der Waals surface area contributed by atoms with E-state index >= 15 is 0 Å². The number of ether oxygens (including phenoxy) is 1. The number of hydrogen-bond donors (Lipinski definition) is 1. The maximum Gasteiger partial charge on any atom is 0.157 e. The molecule has 98 valence electrons. The SMILES string of the molecule is CCn1cc(OCCn2cc(CNC)nn2)cn1. The van der Waals surface area contributed by atoms with Gasteiger partial charge in [0, 0.05) is 19.3 Å². The smallest absolute Gasteiger partial charge is 0.157 e. The molecule has 0 aliphatic rings. The molecule has 0 saturated carbocycles. The van der Waals surface area contributed by atoms with Crippen LogP contribution in [0.3, 0.4) is 0 Å². The number of nitrogens with one attached hydrogen (secondary N) is 1. The molecule has 0 radical (unpaired) electrons. The van der Waals surface area contributed by atoms with Gasteiger partial charge in [0.05, 0.1) is 24.6 Å². The third-order valence-electron chi connectivity index (χ3n) is 2.47. The van der Waals surface area contributed by atoms with Gasteiger partial charge in [-0.15, -0.1) is 5.10 Å². The zero-order chi connectivity index (χ0) is 12.8. The lowest BCUT2D eigenvalue weighted by Gasteiger charge is -2.02. The fourth-order valence-corrected chi connectivity index (χ4v) is 1.56. The predicted octanol–water partition coefficient (Wildman–Crippen LogP) is 0.293. The summed E-state index contributed by atoms with van der Waals surface area (Å²) in [6.07, 6.45) is 5.51. The zero-order valence-electron chi connectivity index (χ0n) is 10.7. The molecule has 2 aromatic rings. The Balaban J connectivity index is 1.77. The largest absolute Gasteiger partial charge is 0.488 e. The van der Waals surface area contributed by atoms with Crippen LogP contribution in [-0.2, 0) is 19.6 Å². The number of aryl methyl sites for hydroxylation is 1. The van der Waals surface area contributed by atoms with Crippen molar-refractivity contribution in [1.82, 2.24) is 30.1 Å². The molecule has 18 heavy (non-hydrogen) atoms. The Hall–Kier alpha value is -1.89. The lowest BCUT2D eigenvalue weighted by Crippen LogP contribution is -2.08. The Bertz CT molecular complexity index is 477. The van der Waals surface area contributed by atoms with Crippen LogP contribution in [0, 0.1) is 0 Å². The molecule has 0 amide bonds. The monoisotopic (exact) mass is 250 g/mol. The summed E-state index contributed by atoms with van der Waals surface area (Å²) in [5, 5.41) is 15.2. The fourth-order valence-electron chi connectivity index (χ4n) is 1.56. The maximum absolute atomic E-state index is 5.57. The quantitative estimate of drug-likeness (QED) is 0.765. The topological polar surface area (TPSA) is 69.8 Å². The molecule has 2 heterocycles. The Morgan fingerprint density at radius 1 is 1.33 bits per heavy atom. The summed E-state index contributed by atoms with van der Waals surface area (Å²) in [7, 11) is 1.88. The second kappa shape index (κ2) is 6.15. The van der Waals surface area contributed by atoms with Crippen molar-refractivity contribution in [1.29, 1.82) is 0 Å². The van der Waals surface area contributed by atoms with Crippen molar-refractivity contribution in [3.63, 3.8) is 0 Å². The van der Waals surface area contributed by atoms with Crippen LogP contribution < -0.4 is 10.1 Å². The van der Waals surface area contributed by atoms with Gasteiger partial charge in [0.2, 0.25) is 0 Å². The summed E-state index contributed by atoms with van der Waals surface area (Å²) in [5.74, 6) is 0.785. The van der Waals surface area contributed by atoms with Gasteiger partial charge in [0.25, 0.3) is 0 Å². The Morgan fingerprint density at radius 2 is 2.22 bits per heavy atom. The van der Waals surface area contributed by atoms with Gasteiger partial charge in [-0.05, 0) is 14.0 Å². The van der Waals surface area contributed by atoms with E-state index in [1.165, 1.54) is 0 Å². The highest BCUT2D eigenvalue weighted by atomic mass is 16.5. The average molecular weight is 250 g/mol. The minimum absolute atomic E-state index is 0.553. The van der Waals surface area contributed by atoms with Crippen LogP contribution in [0.25, 0.3) is 0 Å². The molecule has 7 nitrogen and oxygen atoms in total. The van der Waals surface area contributed by atoms with E-state index in [-0.39, 0.29) is 0 Å². The van der Waals surface area contributed by atoms with Gasteiger partial charge in [0.1, 0.15) is 6.61 Å². The van der Waals surface area contributed by atoms with Gasteiger partial charge < -0.3 is 10.1 Å². The first-order valence-electron chi connectivity index (χ1n) is 6.00. The maximum atomic E-state index is 5.57. The molecule has 0 aliphatic carbocycles. The van der Waals surface area contributed by atoms with E-state index in [4.69, 9.17) is 4.74 Å². The highest BCUT2D eigenvalue weighted by Gasteiger charge is 2.01. The second-order valence-electron chi connectivity index (χ2n) is 3.88. The highest BCUT2D eigenvalue weighted by molar-refractivity contribution is 5.11. The summed E-state index contributed by atoms with van der Waals surface area (Å²) in [6.45, 7) is 4.84. The number of aromatic nitrogens is 5. The molecule has 0 fully saturated rings.